The van der Waals surface area contributed by atoms with Crippen LogP contribution in [0.3, 0.4) is 0 Å². The van der Waals surface area contributed by atoms with Gasteiger partial charge in [0.15, 0.2) is 0 Å². The zero-order chi connectivity index (χ0) is 14.0. The number of nitrogen functional groups attached to an aromatic ring is 1. The number of rotatable bonds is 3. The van der Waals surface area contributed by atoms with Crippen LogP contribution in [0.4, 0.5) is 11.5 Å². The average molecular weight is 277 g/mol. The van der Waals surface area contributed by atoms with Crippen molar-refractivity contribution in [1.82, 2.24) is 4.98 Å². The summed E-state index contributed by atoms with van der Waals surface area (Å²) in [5.74, 6) is 0.269. The largest absolute Gasteiger partial charge is 0.398 e. The third-order valence-electron chi connectivity index (χ3n) is 2.61. The van der Waals surface area contributed by atoms with Gasteiger partial charge in [0.05, 0.1) is 5.69 Å². The van der Waals surface area contributed by atoms with Gasteiger partial charge in [0.2, 0.25) is 0 Å². The number of nitrogens with one attached hydrogen (secondary N) is 1. The molecule has 3 N–H and O–H groups in total. The first kappa shape index (κ1) is 13.4. The first-order valence-corrected chi connectivity index (χ1v) is 7.18. The van der Waals surface area contributed by atoms with Crippen LogP contribution in [0.2, 0.25) is 0 Å². The second-order valence-electron chi connectivity index (χ2n) is 4.37. The Morgan fingerprint density at radius 3 is 2.37 bits per heavy atom. The summed E-state index contributed by atoms with van der Waals surface area (Å²) in [6, 6.07) is 8.20. The molecular formula is C13H15N3O2S. The molecule has 0 fully saturated rings. The Hall–Kier alpha value is -2.08. The van der Waals surface area contributed by atoms with Crippen molar-refractivity contribution in [2.75, 3.05) is 10.5 Å². The van der Waals surface area contributed by atoms with Gasteiger partial charge in [-0.05, 0) is 43.2 Å². The highest BCUT2D eigenvalue weighted by Gasteiger charge is 2.17. The van der Waals surface area contributed by atoms with E-state index in [4.69, 9.17) is 5.73 Å². The van der Waals surface area contributed by atoms with Gasteiger partial charge in [-0.25, -0.2) is 13.4 Å². The van der Waals surface area contributed by atoms with Crippen LogP contribution in [0.5, 0.6) is 0 Å². The zero-order valence-electron chi connectivity index (χ0n) is 10.7. The molecule has 2 aromatic rings. The highest BCUT2D eigenvalue weighted by molar-refractivity contribution is 7.92. The fourth-order valence-corrected chi connectivity index (χ4v) is 2.76. The third-order valence-corrected chi connectivity index (χ3v) is 4.03. The van der Waals surface area contributed by atoms with Gasteiger partial charge >= 0.3 is 0 Å². The number of nitrogens with zero attached hydrogens (tertiary/aromatic N) is 1. The van der Waals surface area contributed by atoms with Crippen LogP contribution >= 0.6 is 0 Å². The van der Waals surface area contributed by atoms with E-state index in [1.54, 1.807) is 30.5 Å². The van der Waals surface area contributed by atoms with E-state index < -0.39 is 10.0 Å². The molecule has 2 rings (SSSR count). The summed E-state index contributed by atoms with van der Waals surface area (Å²) >= 11 is 0. The monoisotopic (exact) mass is 277 g/mol. The van der Waals surface area contributed by atoms with Gasteiger partial charge in [-0.3, -0.25) is 4.72 Å². The van der Waals surface area contributed by atoms with Crippen molar-refractivity contribution in [3.8, 4) is 0 Å². The molecule has 1 heterocycles. The molecule has 0 amide bonds. The lowest BCUT2D eigenvalue weighted by molar-refractivity contribution is 0.601. The first-order chi connectivity index (χ1) is 8.88. The molecular weight excluding hydrogens is 262 g/mol. The summed E-state index contributed by atoms with van der Waals surface area (Å²) in [6.07, 6.45) is 1.59. The van der Waals surface area contributed by atoms with Crippen LogP contribution in [-0.2, 0) is 10.0 Å². The van der Waals surface area contributed by atoms with Crippen LogP contribution in [0.1, 0.15) is 11.1 Å². The number of aryl methyl sites for hydroxylation is 2. The van der Waals surface area contributed by atoms with E-state index in [0.29, 0.717) is 0 Å². The highest BCUT2D eigenvalue weighted by atomic mass is 32.2. The smallest absolute Gasteiger partial charge is 0.265 e. The minimum absolute atomic E-state index is 0.0560. The Morgan fingerprint density at radius 1 is 1.11 bits per heavy atom. The fraction of sp³-hybridized carbons (Fsp3) is 0.154. The molecule has 0 aliphatic carbocycles. The molecule has 1 aromatic heterocycles. The van der Waals surface area contributed by atoms with E-state index in [1.165, 1.54) is 6.07 Å². The quantitative estimate of drug-likeness (QED) is 0.841. The number of hydrogen-bond acceptors (Lipinski definition) is 4. The first-order valence-electron chi connectivity index (χ1n) is 5.70. The van der Waals surface area contributed by atoms with E-state index in [9.17, 15) is 8.42 Å². The van der Waals surface area contributed by atoms with Crippen molar-refractivity contribution in [2.24, 2.45) is 0 Å². The van der Waals surface area contributed by atoms with Crippen molar-refractivity contribution in [3.63, 3.8) is 0 Å². The molecule has 0 saturated carbocycles. The van der Waals surface area contributed by atoms with Gasteiger partial charge < -0.3 is 5.73 Å². The lowest BCUT2D eigenvalue weighted by atomic mass is 10.2. The predicted octanol–water partition coefficient (Wildman–Crippen LogP) is 2.08. The summed E-state index contributed by atoms with van der Waals surface area (Å²) in [5, 5.41) is 0. The highest BCUT2D eigenvalue weighted by Crippen LogP contribution is 2.21. The predicted molar refractivity (Wildman–Crippen MR) is 75.4 cm³/mol. The molecule has 0 saturated heterocycles. The maximum Gasteiger partial charge on any atom is 0.265 e. The number of nitrogens with two attached hydrogens (primary N) is 1. The molecule has 0 bridgehead atoms. The molecule has 5 nitrogen and oxygen atoms in total. The molecule has 0 aliphatic heterocycles. The molecule has 0 aliphatic rings. The molecule has 1 aromatic carbocycles. The van der Waals surface area contributed by atoms with Gasteiger partial charge in [0.25, 0.3) is 10.0 Å². The summed E-state index contributed by atoms with van der Waals surface area (Å²) < 4.78 is 26.8. The SMILES string of the molecule is Cc1ccc(NS(=O)(=O)c2ccc(C)cc2N)nc1. The maximum atomic E-state index is 12.2. The number of sulfonamides is 1. The van der Waals surface area contributed by atoms with Gasteiger partial charge in [-0.15, -0.1) is 0 Å². The molecule has 19 heavy (non-hydrogen) atoms. The number of hydrogen-bond donors (Lipinski definition) is 2. The van der Waals surface area contributed by atoms with Crippen LogP contribution in [0.25, 0.3) is 0 Å². The van der Waals surface area contributed by atoms with Crippen molar-refractivity contribution < 1.29 is 8.42 Å². The van der Waals surface area contributed by atoms with Crippen LogP contribution in [-0.4, -0.2) is 13.4 Å². The van der Waals surface area contributed by atoms with E-state index in [1.807, 2.05) is 13.8 Å². The topological polar surface area (TPSA) is 85.1 Å². The summed E-state index contributed by atoms with van der Waals surface area (Å²) in [5.41, 5.74) is 7.83. The van der Waals surface area contributed by atoms with Crippen LogP contribution in [0.15, 0.2) is 41.4 Å². The molecule has 0 spiro atoms. The van der Waals surface area contributed by atoms with Gasteiger partial charge in [-0.1, -0.05) is 12.1 Å². The number of aromatic nitrogens is 1. The van der Waals surface area contributed by atoms with Gasteiger partial charge in [0.1, 0.15) is 10.7 Å². The summed E-state index contributed by atoms with van der Waals surface area (Å²) in [6.45, 7) is 3.73. The lowest BCUT2D eigenvalue weighted by Crippen LogP contribution is -2.15. The number of benzene rings is 1. The Kier molecular flexibility index (Phi) is 3.44. The molecule has 100 valence electrons. The maximum absolute atomic E-state index is 12.2. The minimum atomic E-state index is -3.71. The summed E-state index contributed by atoms with van der Waals surface area (Å²) in [4.78, 5) is 4.06. The van der Waals surface area contributed by atoms with E-state index in [-0.39, 0.29) is 16.4 Å². The van der Waals surface area contributed by atoms with Crippen molar-refractivity contribution in [2.45, 2.75) is 18.7 Å². The minimum Gasteiger partial charge on any atom is -0.398 e. The van der Waals surface area contributed by atoms with E-state index in [0.717, 1.165) is 11.1 Å². The summed E-state index contributed by atoms with van der Waals surface area (Å²) in [7, 11) is -3.71. The average Bonchev–Trinajstić information content (AvgIpc) is 2.31. The van der Waals surface area contributed by atoms with Crippen molar-refractivity contribution in [3.05, 3.63) is 47.7 Å². The number of anilines is 2. The Bertz CT molecular complexity index is 694. The number of pyridine rings is 1. The van der Waals surface area contributed by atoms with Gasteiger partial charge in [0, 0.05) is 6.20 Å². The van der Waals surface area contributed by atoms with E-state index in [2.05, 4.69) is 9.71 Å². The van der Waals surface area contributed by atoms with Crippen LogP contribution < -0.4 is 10.5 Å². The fourth-order valence-electron chi connectivity index (χ4n) is 1.63. The zero-order valence-corrected chi connectivity index (χ0v) is 11.5. The van der Waals surface area contributed by atoms with Gasteiger partial charge in [-0.2, -0.15) is 0 Å². The van der Waals surface area contributed by atoms with Crippen molar-refractivity contribution >= 4 is 21.5 Å². The molecule has 0 atom stereocenters. The Labute approximate surface area is 112 Å². The van der Waals surface area contributed by atoms with Crippen LogP contribution in [0, 0.1) is 13.8 Å². The van der Waals surface area contributed by atoms with Crippen molar-refractivity contribution in [1.29, 1.82) is 0 Å². The molecule has 6 heteroatoms. The molecule has 0 unspecified atom stereocenters. The lowest BCUT2D eigenvalue weighted by Gasteiger charge is -2.10. The normalized spacial score (nSPS) is 11.3. The molecule has 0 radical (unpaired) electrons. The second-order valence-corrected chi connectivity index (χ2v) is 6.02. The Morgan fingerprint density at radius 2 is 1.79 bits per heavy atom. The standard InChI is InChI=1S/C13H15N3O2S/c1-9-3-5-12(11(14)7-9)19(17,18)16-13-6-4-10(2)8-15-13/h3-8H,14H2,1-2H3,(H,15,16). The van der Waals surface area contributed by atoms with E-state index >= 15 is 0 Å². The Balaban J connectivity index is 2.35. The third kappa shape index (κ3) is 3.03. The second kappa shape index (κ2) is 4.89.